The number of halogens is 3. The first-order valence-electron chi connectivity index (χ1n) is 7.05. The molecular weight excluding hydrogens is 339 g/mol. The van der Waals surface area contributed by atoms with Gasteiger partial charge in [-0.2, -0.15) is 13.2 Å². The van der Waals surface area contributed by atoms with Crippen LogP contribution >= 0.6 is 11.8 Å². The first kappa shape index (κ1) is 16.5. The Balaban J connectivity index is 1.73. The summed E-state index contributed by atoms with van der Waals surface area (Å²) >= 11 is 1.19. The average Bonchev–Trinajstić information content (AvgIpc) is 2.87. The monoisotopic (exact) mass is 351 g/mol. The van der Waals surface area contributed by atoms with Crippen molar-refractivity contribution < 1.29 is 18.0 Å². The first-order chi connectivity index (χ1) is 11.4. The van der Waals surface area contributed by atoms with Gasteiger partial charge >= 0.3 is 6.18 Å². The molecule has 0 spiro atoms. The second kappa shape index (κ2) is 6.64. The van der Waals surface area contributed by atoms with Gasteiger partial charge in [-0.25, -0.2) is 9.98 Å². The van der Waals surface area contributed by atoms with Gasteiger partial charge in [0, 0.05) is 6.20 Å². The maximum Gasteiger partial charge on any atom is 0.416 e. The average molecular weight is 351 g/mol. The van der Waals surface area contributed by atoms with Crippen molar-refractivity contribution in [3.05, 3.63) is 59.8 Å². The predicted molar refractivity (Wildman–Crippen MR) is 86.0 cm³/mol. The van der Waals surface area contributed by atoms with Crippen LogP contribution in [0.3, 0.4) is 0 Å². The molecule has 2 aromatic rings. The topological polar surface area (TPSA) is 54.4 Å². The van der Waals surface area contributed by atoms with E-state index in [0.29, 0.717) is 16.5 Å². The second-order valence-electron chi connectivity index (χ2n) is 5.10. The third-order valence-corrected chi connectivity index (χ3v) is 4.40. The van der Waals surface area contributed by atoms with E-state index in [1.807, 2.05) is 0 Å². The third kappa shape index (κ3) is 3.94. The lowest BCUT2D eigenvalue weighted by Gasteiger charge is -2.10. The van der Waals surface area contributed by atoms with Crippen LogP contribution < -0.4 is 5.32 Å². The van der Waals surface area contributed by atoms with Crippen molar-refractivity contribution in [1.29, 1.82) is 0 Å². The fraction of sp³-hybridized carbons (Fsp3) is 0.188. The highest BCUT2D eigenvalue weighted by Gasteiger charge is 2.33. The summed E-state index contributed by atoms with van der Waals surface area (Å²) in [5.74, 6) is 0.187. The molecule has 3 rings (SSSR count). The summed E-state index contributed by atoms with van der Waals surface area (Å²) in [5.41, 5.74) is -0.262. The number of amidine groups is 1. The van der Waals surface area contributed by atoms with Gasteiger partial charge in [-0.05, 0) is 30.2 Å². The molecule has 1 N–H and O–H groups in total. The molecule has 1 amide bonds. The molecule has 124 valence electrons. The van der Waals surface area contributed by atoms with Crippen molar-refractivity contribution >= 4 is 28.7 Å². The lowest BCUT2D eigenvalue weighted by molar-refractivity contribution is -0.137. The minimum atomic E-state index is -4.40. The van der Waals surface area contributed by atoms with Gasteiger partial charge < -0.3 is 5.32 Å². The largest absolute Gasteiger partial charge is 0.416 e. The summed E-state index contributed by atoms with van der Waals surface area (Å²) in [6.45, 7) is 0. The Morgan fingerprint density at radius 3 is 2.75 bits per heavy atom. The van der Waals surface area contributed by atoms with Gasteiger partial charge in [0.2, 0.25) is 5.91 Å². The normalized spacial score (nSPS) is 19.5. The molecule has 1 aromatic carbocycles. The van der Waals surface area contributed by atoms with Crippen LogP contribution in [0.1, 0.15) is 11.1 Å². The first-order valence-corrected chi connectivity index (χ1v) is 7.93. The van der Waals surface area contributed by atoms with E-state index in [1.165, 1.54) is 17.8 Å². The van der Waals surface area contributed by atoms with Crippen LogP contribution in [0.4, 0.5) is 19.0 Å². The summed E-state index contributed by atoms with van der Waals surface area (Å²) in [5, 5.41) is 2.51. The van der Waals surface area contributed by atoms with Crippen molar-refractivity contribution in [2.24, 2.45) is 4.99 Å². The molecule has 8 heteroatoms. The van der Waals surface area contributed by atoms with Crippen LogP contribution in [0.5, 0.6) is 0 Å². The predicted octanol–water partition coefficient (Wildman–Crippen LogP) is 3.56. The number of aromatic nitrogens is 1. The Morgan fingerprint density at radius 1 is 1.21 bits per heavy atom. The molecule has 0 radical (unpaired) electrons. The SMILES string of the molecule is O=C1N/C(=N\c2ccccn2)S[C@H]1Cc1cccc(C(F)(F)F)c1. The molecule has 4 nitrogen and oxygen atoms in total. The Bertz CT molecular complexity index is 778. The van der Waals surface area contributed by atoms with Gasteiger partial charge in [0.1, 0.15) is 0 Å². The van der Waals surface area contributed by atoms with Crippen LogP contribution in [0.15, 0.2) is 53.7 Å². The van der Waals surface area contributed by atoms with E-state index >= 15 is 0 Å². The van der Waals surface area contributed by atoms with Crippen LogP contribution in [-0.4, -0.2) is 21.3 Å². The Kier molecular flexibility index (Phi) is 4.57. The number of hydrogen-bond acceptors (Lipinski definition) is 4. The van der Waals surface area contributed by atoms with E-state index < -0.39 is 17.0 Å². The molecule has 0 bridgehead atoms. The van der Waals surface area contributed by atoms with E-state index in [-0.39, 0.29) is 12.3 Å². The number of benzene rings is 1. The summed E-state index contributed by atoms with van der Waals surface area (Å²) in [4.78, 5) is 20.3. The third-order valence-electron chi connectivity index (χ3n) is 3.32. The van der Waals surface area contributed by atoms with Gasteiger partial charge in [-0.1, -0.05) is 36.0 Å². The van der Waals surface area contributed by atoms with Gasteiger partial charge in [0.05, 0.1) is 10.8 Å². The quantitative estimate of drug-likeness (QED) is 0.920. The minimum Gasteiger partial charge on any atom is -0.304 e. The van der Waals surface area contributed by atoms with Crippen LogP contribution in [0, 0.1) is 0 Å². The molecule has 2 heterocycles. The maximum atomic E-state index is 12.8. The highest BCUT2D eigenvalue weighted by molar-refractivity contribution is 8.15. The maximum absolute atomic E-state index is 12.8. The van der Waals surface area contributed by atoms with Crippen molar-refractivity contribution in [3.8, 4) is 0 Å². The lowest BCUT2D eigenvalue weighted by Crippen LogP contribution is -2.26. The number of carbonyl (C=O) groups is 1. The highest BCUT2D eigenvalue weighted by atomic mass is 32.2. The smallest absolute Gasteiger partial charge is 0.304 e. The van der Waals surface area contributed by atoms with Crippen molar-refractivity contribution in [2.45, 2.75) is 17.8 Å². The molecule has 24 heavy (non-hydrogen) atoms. The molecule has 1 aliphatic heterocycles. The zero-order valence-corrected chi connectivity index (χ0v) is 13.1. The Labute approximate surface area is 140 Å². The molecule has 1 aromatic heterocycles. The van der Waals surface area contributed by atoms with E-state index in [0.717, 1.165) is 12.1 Å². The molecule has 1 fully saturated rings. The van der Waals surface area contributed by atoms with Gasteiger partial charge in [0.15, 0.2) is 11.0 Å². The molecule has 0 aliphatic carbocycles. The number of rotatable bonds is 3. The fourth-order valence-electron chi connectivity index (χ4n) is 2.20. The Hall–Kier alpha value is -2.35. The van der Waals surface area contributed by atoms with E-state index in [2.05, 4.69) is 15.3 Å². The van der Waals surface area contributed by atoms with Gasteiger partial charge in [-0.3, -0.25) is 4.79 Å². The number of thioether (sulfide) groups is 1. The van der Waals surface area contributed by atoms with E-state index in [4.69, 9.17) is 0 Å². The molecule has 0 unspecified atom stereocenters. The van der Waals surface area contributed by atoms with Crippen molar-refractivity contribution in [3.63, 3.8) is 0 Å². The minimum absolute atomic E-state index is 0.196. The number of pyridine rings is 1. The summed E-state index contributed by atoms with van der Waals surface area (Å²) < 4.78 is 38.3. The number of nitrogens with one attached hydrogen (secondary N) is 1. The van der Waals surface area contributed by atoms with Gasteiger partial charge in [0.25, 0.3) is 0 Å². The number of aliphatic imine (C=N–C) groups is 1. The highest BCUT2D eigenvalue weighted by Crippen LogP contribution is 2.31. The summed E-state index contributed by atoms with van der Waals surface area (Å²) in [7, 11) is 0. The standard InChI is InChI=1S/C16H12F3N3OS/c17-16(18,19)11-5-3-4-10(8-11)9-12-14(23)22-15(24-12)21-13-6-1-2-7-20-13/h1-8,12H,9H2,(H,20,21,22,23)/t12-/m0/s1. The van der Waals surface area contributed by atoms with Crippen molar-refractivity contribution in [1.82, 2.24) is 10.3 Å². The number of nitrogens with zero attached hydrogens (tertiary/aromatic N) is 2. The van der Waals surface area contributed by atoms with Crippen LogP contribution in [0.25, 0.3) is 0 Å². The van der Waals surface area contributed by atoms with Gasteiger partial charge in [-0.15, -0.1) is 0 Å². The van der Waals surface area contributed by atoms with Crippen LogP contribution in [-0.2, 0) is 17.4 Å². The number of carbonyl (C=O) groups excluding carboxylic acids is 1. The van der Waals surface area contributed by atoms with E-state index in [9.17, 15) is 18.0 Å². The Morgan fingerprint density at radius 2 is 2.04 bits per heavy atom. The molecule has 1 saturated heterocycles. The zero-order valence-electron chi connectivity index (χ0n) is 12.2. The zero-order chi connectivity index (χ0) is 17.2. The van der Waals surface area contributed by atoms with Crippen molar-refractivity contribution in [2.75, 3.05) is 0 Å². The lowest BCUT2D eigenvalue weighted by atomic mass is 10.1. The summed E-state index contributed by atoms with van der Waals surface area (Å²) in [6.07, 6.45) is -2.62. The molecular formula is C16H12F3N3OS. The van der Waals surface area contributed by atoms with E-state index in [1.54, 1.807) is 30.5 Å². The summed E-state index contributed by atoms with van der Waals surface area (Å²) in [6, 6.07) is 10.2. The molecule has 1 atom stereocenters. The fourth-order valence-corrected chi connectivity index (χ4v) is 3.22. The second-order valence-corrected chi connectivity index (χ2v) is 6.29. The molecule has 1 aliphatic rings. The van der Waals surface area contributed by atoms with Crippen LogP contribution in [0.2, 0.25) is 0 Å². The number of amides is 1. The number of hydrogen-bond donors (Lipinski definition) is 1. The molecule has 0 saturated carbocycles. The number of alkyl halides is 3.